The van der Waals surface area contributed by atoms with E-state index in [4.69, 9.17) is 4.52 Å². The number of aromatic nitrogens is 2. The normalized spacial score (nSPS) is 23.9. The second-order valence-electron chi connectivity index (χ2n) is 5.14. The fraction of sp³-hybridized carbons (Fsp3) is 0.538. The molecule has 1 N–H and O–H groups in total. The molecule has 0 radical (unpaired) electrons. The molecule has 1 saturated heterocycles. The van der Waals surface area contributed by atoms with Gasteiger partial charge in [-0.1, -0.05) is 25.1 Å². The molecule has 0 aromatic carbocycles. The highest BCUT2D eigenvalue weighted by atomic mass is 32.1. The number of thiophene rings is 1. The van der Waals surface area contributed by atoms with E-state index in [2.05, 4.69) is 29.3 Å². The maximum atomic E-state index is 5.54. The van der Waals surface area contributed by atoms with Crippen LogP contribution in [-0.4, -0.2) is 23.2 Å². The van der Waals surface area contributed by atoms with Gasteiger partial charge in [-0.25, -0.2) is 0 Å². The van der Waals surface area contributed by atoms with Crippen LogP contribution in [0.15, 0.2) is 22.0 Å². The van der Waals surface area contributed by atoms with Gasteiger partial charge in [-0.05, 0) is 30.3 Å². The van der Waals surface area contributed by atoms with E-state index in [1.165, 1.54) is 0 Å². The first-order chi connectivity index (χ1) is 8.72. The summed E-state index contributed by atoms with van der Waals surface area (Å²) in [5.74, 6) is 1.99. The van der Waals surface area contributed by atoms with Crippen LogP contribution in [0.5, 0.6) is 0 Å². The zero-order valence-corrected chi connectivity index (χ0v) is 11.5. The third-order valence-electron chi connectivity index (χ3n) is 3.89. The summed E-state index contributed by atoms with van der Waals surface area (Å²) in [5.41, 5.74) is 0.00249. The molecule has 2 aromatic rings. The maximum absolute atomic E-state index is 5.54. The lowest BCUT2D eigenvalue weighted by molar-refractivity contribution is 0.234. The Hall–Kier alpha value is -1.20. The van der Waals surface area contributed by atoms with Gasteiger partial charge < -0.3 is 9.84 Å². The van der Waals surface area contributed by atoms with E-state index in [1.54, 1.807) is 11.3 Å². The average Bonchev–Trinajstić information content (AvgIpc) is 3.11. The molecule has 3 heterocycles. The second kappa shape index (κ2) is 4.48. The number of nitrogens with zero attached hydrogens (tertiary/aromatic N) is 2. The van der Waals surface area contributed by atoms with E-state index in [0.29, 0.717) is 11.7 Å². The Balaban J connectivity index is 1.97. The largest absolute Gasteiger partial charge is 0.338 e. The van der Waals surface area contributed by atoms with Gasteiger partial charge in [0.25, 0.3) is 0 Å². The van der Waals surface area contributed by atoms with Crippen LogP contribution in [0.4, 0.5) is 0 Å². The molecule has 0 saturated carbocycles. The first-order valence-electron chi connectivity index (χ1n) is 6.31. The molecule has 96 valence electrons. The fourth-order valence-electron chi connectivity index (χ4n) is 2.57. The van der Waals surface area contributed by atoms with Gasteiger partial charge in [-0.3, -0.25) is 0 Å². The van der Waals surface area contributed by atoms with Gasteiger partial charge in [-0.15, -0.1) is 11.3 Å². The fourth-order valence-corrected chi connectivity index (χ4v) is 3.21. The predicted molar refractivity (Wildman–Crippen MR) is 71.6 cm³/mol. The molecule has 0 aliphatic carbocycles. The summed E-state index contributed by atoms with van der Waals surface area (Å²) in [6.45, 7) is 6.40. The Morgan fingerprint density at radius 1 is 1.50 bits per heavy atom. The van der Waals surface area contributed by atoms with Crippen molar-refractivity contribution in [3.8, 4) is 10.7 Å². The summed E-state index contributed by atoms with van der Waals surface area (Å²) < 4.78 is 5.54. The average molecular weight is 263 g/mol. The highest BCUT2D eigenvalue weighted by Crippen LogP contribution is 2.37. The third kappa shape index (κ3) is 1.78. The topological polar surface area (TPSA) is 51.0 Å². The molecule has 0 spiro atoms. The minimum absolute atomic E-state index is 0.00249. The lowest BCUT2D eigenvalue weighted by Crippen LogP contribution is -2.35. The van der Waals surface area contributed by atoms with Gasteiger partial charge in [0.05, 0.1) is 10.3 Å². The molecule has 5 heteroatoms. The van der Waals surface area contributed by atoms with Crippen molar-refractivity contribution in [2.45, 2.75) is 25.7 Å². The Labute approximate surface area is 110 Å². The van der Waals surface area contributed by atoms with Gasteiger partial charge in [-0.2, -0.15) is 4.98 Å². The molecule has 1 fully saturated rings. The molecule has 3 rings (SSSR count). The summed E-state index contributed by atoms with van der Waals surface area (Å²) in [6, 6.07) is 4.03. The molecular weight excluding hydrogens is 246 g/mol. The molecular formula is C13H17N3OS. The first kappa shape index (κ1) is 11.9. The Morgan fingerprint density at radius 3 is 3.00 bits per heavy atom. The molecule has 0 bridgehead atoms. The predicted octanol–water partition coefficient (Wildman–Crippen LogP) is 2.69. The summed E-state index contributed by atoms with van der Waals surface area (Å²) in [7, 11) is 0. The van der Waals surface area contributed by atoms with Crippen LogP contribution in [-0.2, 0) is 5.41 Å². The first-order valence-corrected chi connectivity index (χ1v) is 7.19. The molecule has 1 unspecified atom stereocenters. The van der Waals surface area contributed by atoms with E-state index >= 15 is 0 Å². The standard InChI is InChI=1S/C13H17N3OS/c1-9(2)13(5-6-14-8-13)12-15-11(16-17-12)10-4-3-7-18-10/h3-4,7,9,14H,5-6,8H2,1-2H3. The van der Waals surface area contributed by atoms with E-state index in [1.807, 2.05) is 17.5 Å². The molecule has 1 atom stereocenters. The van der Waals surface area contributed by atoms with Crippen molar-refractivity contribution in [1.82, 2.24) is 15.5 Å². The summed E-state index contributed by atoms with van der Waals surface area (Å²) >= 11 is 1.64. The van der Waals surface area contributed by atoms with E-state index in [9.17, 15) is 0 Å². The number of hydrogen-bond donors (Lipinski definition) is 1. The molecule has 1 aliphatic heterocycles. The van der Waals surface area contributed by atoms with Crippen LogP contribution in [0.25, 0.3) is 10.7 Å². The van der Waals surface area contributed by atoms with Crippen molar-refractivity contribution >= 4 is 11.3 Å². The molecule has 1 aliphatic rings. The Bertz CT molecular complexity index is 512. The quantitative estimate of drug-likeness (QED) is 0.925. The van der Waals surface area contributed by atoms with Crippen molar-refractivity contribution in [2.75, 3.05) is 13.1 Å². The van der Waals surface area contributed by atoms with Crippen LogP contribution in [0.3, 0.4) is 0 Å². The number of nitrogens with one attached hydrogen (secondary N) is 1. The summed E-state index contributed by atoms with van der Waals surface area (Å²) in [6.07, 6.45) is 1.07. The van der Waals surface area contributed by atoms with Gasteiger partial charge in [0.1, 0.15) is 0 Å². The molecule has 18 heavy (non-hydrogen) atoms. The zero-order chi connectivity index (χ0) is 12.6. The van der Waals surface area contributed by atoms with Crippen molar-refractivity contribution in [3.63, 3.8) is 0 Å². The SMILES string of the molecule is CC(C)C1(c2nc(-c3cccs3)no2)CCNC1. The second-order valence-corrected chi connectivity index (χ2v) is 6.09. The minimum atomic E-state index is 0.00249. The van der Waals surface area contributed by atoms with Gasteiger partial charge in [0, 0.05) is 6.54 Å². The molecule has 4 nitrogen and oxygen atoms in total. The lowest BCUT2D eigenvalue weighted by atomic mass is 9.76. The molecule has 2 aromatic heterocycles. The molecule has 0 amide bonds. The third-order valence-corrected chi connectivity index (χ3v) is 4.75. The van der Waals surface area contributed by atoms with Crippen LogP contribution in [0.2, 0.25) is 0 Å². The maximum Gasteiger partial charge on any atom is 0.234 e. The van der Waals surface area contributed by atoms with Gasteiger partial charge in [0.2, 0.25) is 11.7 Å². The Morgan fingerprint density at radius 2 is 2.39 bits per heavy atom. The summed E-state index contributed by atoms with van der Waals surface area (Å²) in [5, 5.41) is 9.57. The van der Waals surface area contributed by atoms with Crippen LogP contribution in [0.1, 0.15) is 26.2 Å². The lowest BCUT2D eigenvalue weighted by Gasteiger charge is -2.27. The Kier molecular flexibility index (Phi) is 2.95. The van der Waals surface area contributed by atoms with Crippen molar-refractivity contribution < 1.29 is 4.52 Å². The van der Waals surface area contributed by atoms with Gasteiger partial charge in [0.15, 0.2) is 0 Å². The number of hydrogen-bond acceptors (Lipinski definition) is 5. The van der Waals surface area contributed by atoms with Crippen molar-refractivity contribution in [2.24, 2.45) is 5.92 Å². The van der Waals surface area contributed by atoms with E-state index in [-0.39, 0.29) is 5.41 Å². The zero-order valence-electron chi connectivity index (χ0n) is 10.6. The van der Waals surface area contributed by atoms with Crippen molar-refractivity contribution in [1.29, 1.82) is 0 Å². The van der Waals surface area contributed by atoms with Crippen LogP contribution in [0, 0.1) is 5.92 Å². The van der Waals surface area contributed by atoms with E-state index < -0.39 is 0 Å². The van der Waals surface area contributed by atoms with Gasteiger partial charge >= 0.3 is 0 Å². The smallest absolute Gasteiger partial charge is 0.234 e. The van der Waals surface area contributed by atoms with E-state index in [0.717, 1.165) is 30.3 Å². The number of rotatable bonds is 3. The van der Waals surface area contributed by atoms with Crippen LogP contribution < -0.4 is 5.32 Å². The van der Waals surface area contributed by atoms with Crippen molar-refractivity contribution in [3.05, 3.63) is 23.4 Å². The minimum Gasteiger partial charge on any atom is -0.338 e. The van der Waals surface area contributed by atoms with Crippen LogP contribution >= 0.6 is 11.3 Å². The highest BCUT2D eigenvalue weighted by Gasteiger charge is 2.43. The monoisotopic (exact) mass is 263 g/mol. The summed E-state index contributed by atoms with van der Waals surface area (Å²) in [4.78, 5) is 5.69. The highest BCUT2D eigenvalue weighted by molar-refractivity contribution is 7.13.